The van der Waals surface area contributed by atoms with Crippen molar-refractivity contribution in [2.75, 3.05) is 25.4 Å². The molecule has 0 aromatic heterocycles. The zero-order chi connectivity index (χ0) is 51.1. The number of thiol groups is 1. The van der Waals surface area contributed by atoms with Crippen LogP contribution in [0.15, 0.2) is 0 Å². The van der Waals surface area contributed by atoms with E-state index >= 15 is 0 Å². The number of nitrogens with zero attached hydrogens (tertiary/aromatic N) is 1. The van der Waals surface area contributed by atoms with Crippen LogP contribution >= 0.6 is 12.6 Å². The predicted molar refractivity (Wildman–Crippen MR) is 258 cm³/mol. The molecule has 0 bridgehead atoms. The van der Waals surface area contributed by atoms with Gasteiger partial charge in [0.25, 0.3) is 0 Å². The molecule has 384 valence electrons. The number of likely N-dealkylation sites (tertiary alicyclic amines) is 1. The van der Waals surface area contributed by atoms with Crippen molar-refractivity contribution in [2.24, 2.45) is 40.9 Å². The molecule has 0 aliphatic carbocycles. The first kappa shape index (κ1) is 60.5. The number of carboxylic acids is 1. The minimum Gasteiger partial charge on any atom is -0.480 e. The van der Waals surface area contributed by atoms with Crippen molar-refractivity contribution in [3.63, 3.8) is 0 Å². The second-order valence-corrected chi connectivity index (χ2v) is 19.4. The zero-order valence-corrected chi connectivity index (χ0v) is 42.0. The van der Waals surface area contributed by atoms with Gasteiger partial charge in [0.1, 0.15) is 48.3 Å². The number of amides is 8. The Morgan fingerprint density at radius 1 is 0.582 bits per heavy atom. The van der Waals surface area contributed by atoms with Crippen molar-refractivity contribution in [3.8, 4) is 0 Å². The number of aliphatic carboxylic acids is 1. The summed E-state index contributed by atoms with van der Waals surface area (Å²) < 4.78 is 0. The van der Waals surface area contributed by atoms with Crippen LogP contribution in [0.25, 0.3) is 0 Å². The molecule has 9 atom stereocenters. The molecule has 0 spiro atoms. The van der Waals surface area contributed by atoms with E-state index in [4.69, 9.17) is 17.2 Å². The van der Waals surface area contributed by atoms with E-state index in [1.165, 1.54) is 11.8 Å². The van der Waals surface area contributed by atoms with Crippen LogP contribution in [0.1, 0.15) is 127 Å². The number of hydrogen-bond donors (Lipinski definition) is 12. The number of carbonyl (C=O) groups is 9. The third-order valence-electron chi connectivity index (χ3n) is 11.5. The van der Waals surface area contributed by atoms with Gasteiger partial charge in [-0.15, -0.1) is 0 Å². The molecule has 0 aromatic carbocycles. The summed E-state index contributed by atoms with van der Waals surface area (Å²) in [5.41, 5.74) is 17.6. The quantitative estimate of drug-likeness (QED) is 0.0305. The summed E-state index contributed by atoms with van der Waals surface area (Å²) in [5.74, 6) is -7.34. The van der Waals surface area contributed by atoms with Crippen molar-refractivity contribution in [2.45, 2.75) is 181 Å². The number of unbranched alkanes of at least 4 members (excludes halogenated alkanes) is 2. The summed E-state index contributed by atoms with van der Waals surface area (Å²) in [6.07, 6.45) is 3.64. The number of nitrogens with one attached hydrogen (secondary N) is 7. The van der Waals surface area contributed by atoms with Gasteiger partial charge >= 0.3 is 5.97 Å². The van der Waals surface area contributed by atoms with E-state index in [0.29, 0.717) is 58.2 Å². The lowest BCUT2D eigenvalue weighted by atomic mass is 9.99. The Morgan fingerprint density at radius 2 is 1.04 bits per heavy atom. The van der Waals surface area contributed by atoms with E-state index in [2.05, 4.69) is 49.8 Å². The standard InChI is InChI=1S/C45H83N11O10S/c1-24(2)21-31(52-38(58)29(15-10-12-18-46)51-42(62)34-17-14-20-56(34)44(64)35(48)26(5)6)40(60)50-30(16-11-13-19-47)39(59)55-36(27(7)8)43(63)54-33(23-67)41(61)49-28(9)37(57)53-32(45(65)66)22-25(3)4/h24-36,67H,10-23,46-48H2,1-9H3,(H,49,61)(H,50,60)(H,51,62)(H,52,58)(H,53,57)(H,54,63)(H,55,59)(H,65,66)/t28-,29-,30-,31-,32-,33-,34-,35-,36-/m0/s1. The summed E-state index contributed by atoms with van der Waals surface area (Å²) in [6, 6.07) is -9.82. The molecule has 1 fully saturated rings. The first-order valence-corrected chi connectivity index (χ1v) is 24.5. The molecular weight excluding hydrogens is 887 g/mol. The molecule has 14 N–H and O–H groups in total. The lowest BCUT2D eigenvalue weighted by Gasteiger charge is -2.30. The van der Waals surface area contributed by atoms with Crippen molar-refractivity contribution < 1.29 is 48.3 Å². The molecule has 8 amide bonds. The van der Waals surface area contributed by atoms with Gasteiger partial charge in [0.2, 0.25) is 47.3 Å². The highest BCUT2D eigenvalue weighted by molar-refractivity contribution is 7.80. The van der Waals surface area contributed by atoms with Crippen molar-refractivity contribution in [1.29, 1.82) is 0 Å². The first-order valence-electron chi connectivity index (χ1n) is 23.8. The molecule has 1 rings (SSSR count). The highest BCUT2D eigenvalue weighted by Crippen LogP contribution is 2.21. The molecule has 0 radical (unpaired) electrons. The monoisotopic (exact) mass is 970 g/mol. The van der Waals surface area contributed by atoms with E-state index in [9.17, 15) is 48.3 Å². The van der Waals surface area contributed by atoms with Crippen LogP contribution in [0.5, 0.6) is 0 Å². The Hall–Kier alpha value is -4.54. The number of rotatable bonds is 31. The molecule has 0 aromatic rings. The van der Waals surface area contributed by atoms with Crippen LogP contribution in [0.3, 0.4) is 0 Å². The molecule has 67 heavy (non-hydrogen) atoms. The van der Waals surface area contributed by atoms with Gasteiger partial charge in [-0.25, -0.2) is 4.79 Å². The number of carboxylic acid groups (broad SMARTS) is 1. The third-order valence-corrected chi connectivity index (χ3v) is 11.8. The van der Waals surface area contributed by atoms with Gasteiger partial charge in [-0.2, -0.15) is 12.6 Å². The van der Waals surface area contributed by atoms with Gasteiger partial charge in [0.05, 0.1) is 6.04 Å². The highest BCUT2D eigenvalue weighted by atomic mass is 32.1. The van der Waals surface area contributed by atoms with Crippen LogP contribution in [-0.4, -0.2) is 143 Å². The summed E-state index contributed by atoms with van der Waals surface area (Å²) in [4.78, 5) is 122. The molecule has 0 saturated carbocycles. The lowest BCUT2D eigenvalue weighted by Crippen LogP contribution is -2.61. The van der Waals surface area contributed by atoms with E-state index in [1.807, 2.05) is 27.7 Å². The van der Waals surface area contributed by atoms with Gasteiger partial charge in [-0.3, -0.25) is 38.4 Å². The summed E-state index contributed by atoms with van der Waals surface area (Å²) >= 11 is 4.22. The van der Waals surface area contributed by atoms with Crippen molar-refractivity contribution in [3.05, 3.63) is 0 Å². The Balaban J connectivity index is 3.27. The van der Waals surface area contributed by atoms with Crippen LogP contribution in [0.4, 0.5) is 0 Å². The maximum atomic E-state index is 14.1. The van der Waals surface area contributed by atoms with E-state index in [1.54, 1.807) is 27.7 Å². The fraction of sp³-hybridized carbons (Fsp3) is 0.800. The average Bonchev–Trinajstić information content (AvgIpc) is 3.75. The summed E-state index contributed by atoms with van der Waals surface area (Å²) in [5, 5.41) is 28.1. The third kappa shape index (κ3) is 21.1. The molecule has 1 saturated heterocycles. The van der Waals surface area contributed by atoms with Crippen LogP contribution in [0, 0.1) is 23.7 Å². The van der Waals surface area contributed by atoms with Gasteiger partial charge in [0.15, 0.2) is 0 Å². The fourth-order valence-corrected chi connectivity index (χ4v) is 7.69. The van der Waals surface area contributed by atoms with Crippen LogP contribution in [-0.2, 0) is 43.2 Å². The highest BCUT2D eigenvalue weighted by Gasteiger charge is 2.39. The minimum atomic E-state index is -1.26. The summed E-state index contributed by atoms with van der Waals surface area (Å²) in [6.45, 7) is 16.7. The number of nitrogens with two attached hydrogens (primary N) is 3. The lowest BCUT2D eigenvalue weighted by molar-refractivity contribution is -0.142. The number of hydrogen-bond acceptors (Lipinski definition) is 13. The maximum Gasteiger partial charge on any atom is 0.326 e. The minimum absolute atomic E-state index is 0.0293. The Kier molecular flexibility index (Phi) is 27.8. The van der Waals surface area contributed by atoms with Crippen molar-refractivity contribution >= 4 is 65.9 Å². The maximum absolute atomic E-state index is 14.1. The molecule has 1 aliphatic heterocycles. The number of carbonyl (C=O) groups excluding carboxylic acids is 8. The predicted octanol–water partition coefficient (Wildman–Crippen LogP) is -0.605. The molecular formula is C45H83N11O10S. The van der Waals surface area contributed by atoms with Crippen LogP contribution < -0.4 is 54.4 Å². The zero-order valence-electron chi connectivity index (χ0n) is 41.2. The molecule has 0 unspecified atom stereocenters. The Morgan fingerprint density at radius 3 is 1.54 bits per heavy atom. The van der Waals surface area contributed by atoms with E-state index in [-0.39, 0.29) is 55.1 Å². The van der Waals surface area contributed by atoms with Crippen molar-refractivity contribution in [1.82, 2.24) is 42.1 Å². The summed E-state index contributed by atoms with van der Waals surface area (Å²) in [7, 11) is 0. The molecule has 21 nitrogen and oxygen atoms in total. The van der Waals surface area contributed by atoms with E-state index in [0.717, 1.165) is 0 Å². The first-order chi connectivity index (χ1) is 31.4. The second kappa shape index (κ2) is 30.8. The average molecular weight is 970 g/mol. The topological polar surface area (TPSA) is 339 Å². The van der Waals surface area contributed by atoms with Gasteiger partial charge in [-0.05, 0) is 108 Å². The normalized spacial score (nSPS) is 17.4. The van der Waals surface area contributed by atoms with Crippen LogP contribution in [0.2, 0.25) is 0 Å². The van der Waals surface area contributed by atoms with Gasteiger partial charge < -0.3 is 64.4 Å². The largest absolute Gasteiger partial charge is 0.480 e. The SMILES string of the molecule is CC(C)C[C@H](NC(=O)[C@H](C)NC(=O)[C@H](CS)NC(=O)[C@@H](NC(=O)[C@H](CCCCN)NC(=O)[C@H](CC(C)C)NC(=O)[C@H](CCCCN)NC(=O)[C@@H]1CCCN1C(=O)[C@@H](N)C(C)C)C(C)C)C(=O)O. The molecule has 22 heteroatoms. The smallest absolute Gasteiger partial charge is 0.326 e. The van der Waals surface area contributed by atoms with Gasteiger partial charge in [-0.1, -0.05) is 55.4 Å². The Labute approximate surface area is 402 Å². The second-order valence-electron chi connectivity index (χ2n) is 19.1. The molecule has 1 heterocycles. The van der Waals surface area contributed by atoms with Gasteiger partial charge in [0, 0.05) is 12.3 Å². The fourth-order valence-electron chi connectivity index (χ4n) is 7.43. The molecule has 1 aliphatic rings. The van der Waals surface area contributed by atoms with E-state index < -0.39 is 108 Å². The Bertz CT molecular complexity index is 1650.